The van der Waals surface area contributed by atoms with Gasteiger partial charge in [0.2, 0.25) is 5.91 Å². The molecule has 0 saturated carbocycles. The predicted molar refractivity (Wildman–Crippen MR) is 86.7 cm³/mol. The number of nitrogens with zero attached hydrogens (tertiary/aromatic N) is 4. The molecule has 112 valence electrons. The van der Waals surface area contributed by atoms with Gasteiger partial charge in [-0.25, -0.2) is 9.97 Å². The molecule has 0 aliphatic carbocycles. The standard InChI is InChI=1S/C16H15ClN4O/c1-20(2)14(22)10-21-15(11-5-7-12(17)8-6-11)19-13-4-3-9-18-16(13)21/h3-9H,10H2,1-2H3. The fourth-order valence-corrected chi connectivity index (χ4v) is 2.33. The zero-order chi connectivity index (χ0) is 15.7. The third-order valence-corrected chi connectivity index (χ3v) is 3.65. The number of carbonyl (C=O) groups excluding carboxylic acids is 1. The van der Waals surface area contributed by atoms with Gasteiger partial charge >= 0.3 is 0 Å². The van der Waals surface area contributed by atoms with Crippen LogP contribution in [0.2, 0.25) is 5.02 Å². The summed E-state index contributed by atoms with van der Waals surface area (Å²) in [6.45, 7) is 0.193. The van der Waals surface area contributed by atoms with E-state index in [0.29, 0.717) is 16.5 Å². The molecule has 6 heteroatoms. The van der Waals surface area contributed by atoms with E-state index in [1.165, 1.54) is 0 Å². The summed E-state index contributed by atoms with van der Waals surface area (Å²) in [5.74, 6) is 0.695. The molecule has 22 heavy (non-hydrogen) atoms. The molecule has 0 radical (unpaired) electrons. The van der Waals surface area contributed by atoms with Crippen molar-refractivity contribution in [3.63, 3.8) is 0 Å². The molecule has 5 nitrogen and oxygen atoms in total. The average Bonchev–Trinajstić information content (AvgIpc) is 2.87. The molecule has 2 aromatic heterocycles. The Morgan fingerprint density at radius 3 is 2.64 bits per heavy atom. The average molecular weight is 315 g/mol. The molecule has 0 bridgehead atoms. The molecular formula is C16H15ClN4O. The maximum Gasteiger partial charge on any atom is 0.242 e. The monoisotopic (exact) mass is 314 g/mol. The highest BCUT2D eigenvalue weighted by atomic mass is 35.5. The number of rotatable bonds is 3. The van der Waals surface area contributed by atoms with Crippen LogP contribution >= 0.6 is 11.6 Å². The lowest BCUT2D eigenvalue weighted by atomic mass is 10.2. The predicted octanol–water partition coefficient (Wildman–Crippen LogP) is 2.84. The van der Waals surface area contributed by atoms with Crippen molar-refractivity contribution in [2.24, 2.45) is 0 Å². The number of likely N-dealkylation sites (N-methyl/N-ethyl adjacent to an activating group) is 1. The second kappa shape index (κ2) is 5.77. The first kappa shape index (κ1) is 14.5. The van der Waals surface area contributed by atoms with Crippen molar-refractivity contribution in [1.82, 2.24) is 19.4 Å². The molecule has 0 saturated heterocycles. The van der Waals surface area contributed by atoms with Crippen molar-refractivity contribution < 1.29 is 4.79 Å². The number of hydrogen-bond donors (Lipinski definition) is 0. The number of halogens is 1. The summed E-state index contributed by atoms with van der Waals surface area (Å²) < 4.78 is 1.83. The molecule has 0 fully saturated rings. The molecule has 3 rings (SSSR count). The van der Waals surface area contributed by atoms with E-state index in [1.807, 2.05) is 41.0 Å². The van der Waals surface area contributed by atoms with Crippen LogP contribution in [0.4, 0.5) is 0 Å². The second-order valence-corrected chi connectivity index (χ2v) is 5.60. The molecule has 0 aliphatic rings. The lowest BCUT2D eigenvalue weighted by Gasteiger charge is -2.13. The first-order chi connectivity index (χ1) is 10.6. The van der Waals surface area contributed by atoms with Crippen molar-refractivity contribution in [1.29, 1.82) is 0 Å². The van der Waals surface area contributed by atoms with Crippen LogP contribution in [0.5, 0.6) is 0 Å². The van der Waals surface area contributed by atoms with Crippen LogP contribution < -0.4 is 0 Å². The van der Waals surface area contributed by atoms with Gasteiger partial charge in [-0.3, -0.25) is 9.36 Å². The van der Waals surface area contributed by atoms with Gasteiger partial charge in [0.1, 0.15) is 17.9 Å². The van der Waals surface area contributed by atoms with Crippen molar-refractivity contribution in [3.05, 3.63) is 47.6 Å². The third-order valence-electron chi connectivity index (χ3n) is 3.40. The quantitative estimate of drug-likeness (QED) is 0.747. The fourth-order valence-electron chi connectivity index (χ4n) is 2.20. The van der Waals surface area contributed by atoms with E-state index >= 15 is 0 Å². The summed E-state index contributed by atoms with van der Waals surface area (Å²) in [5, 5.41) is 0.661. The Bertz CT molecular complexity index is 824. The lowest BCUT2D eigenvalue weighted by Crippen LogP contribution is -2.26. The topological polar surface area (TPSA) is 51.0 Å². The molecule has 2 heterocycles. The number of fused-ring (bicyclic) bond motifs is 1. The molecule has 0 aliphatic heterocycles. The Balaban J connectivity index is 2.16. The van der Waals surface area contributed by atoms with Gasteiger partial charge in [-0.2, -0.15) is 0 Å². The minimum absolute atomic E-state index is 0.0137. The Labute approximate surface area is 133 Å². The van der Waals surface area contributed by atoms with Gasteiger partial charge in [0.05, 0.1) is 0 Å². The normalized spacial score (nSPS) is 10.9. The number of carbonyl (C=O) groups is 1. The van der Waals surface area contributed by atoms with Crippen LogP contribution in [-0.4, -0.2) is 39.4 Å². The Morgan fingerprint density at radius 1 is 1.23 bits per heavy atom. The van der Waals surface area contributed by atoms with E-state index in [4.69, 9.17) is 11.6 Å². The molecule has 0 atom stereocenters. The Morgan fingerprint density at radius 2 is 1.95 bits per heavy atom. The third kappa shape index (κ3) is 2.67. The zero-order valence-electron chi connectivity index (χ0n) is 12.3. The molecule has 3 aromatic rings. The zero-order valence-corrected chi connectivity index (χ0v) is 13.1. The van der Waals surface area contributed by atoms with Gasteiger partial charge < -0.3 is 4.90 Å². The number of benzene rings is 1. The number of imidazole rings is 1. The van der Waals surface area contributed by atoms with Crippen molar-refractivity contribution in [3.8, 4) is 11.4 Å². The Kier molecular flexibility index (Phi) is 3.81. The highest BCUT2D eigenvalue weighted by Crippen LogP contribution is 2.25. The van der Waals surface area contributed by atoms with Crippen molar-refractivity contribution in [2.45, 2.75) is 6.54 Å². The molecule has 1 aromatic carbocycles. The van der Waals surface area contributed by atoms with Crippen molar-refractivity contribution >= 4 is 28.7 Å². The summed E-state index contributed by atoms with van der Waals surface area (Å²) >= 11 is 5.94. The summed E-state index contributed by atoms with van der Waals surface area (Å²) in [4.78, 5) is 22.6. The van der Waals surface area contributed by atoms with Gasteiger partial charge in [-0.05, 0) is 36.4 Å². The number of pyridine rings is 1. The van der Waals surface area contributed by atoms with Gasteiger partial charge in [0.25, 0.3) is 0 Å². The molecule has 0 spiro atoms. The lowest BCUT2D eigenvalue weighted by molar-refractivity contribution is -0.129. The van der Waals surface area contributed by atoms with E-state index < -0.39 is 0 Å². The van der Waals surface area contributed by atoms with Crippen molar-refractivity contribution in [2.75, 3.05) is 14.1 Å². The van der Waals surface area contributed by atoms with Gasteiger partial charge in [0, 0.05) is 30.9 Å². The van der Waals surface area contributed by atoms with Crippen LogP contribution in [0.15, 0.2) is 42.6 Å². The fraction of sp³-hybridized carbons (Fsp3) is 0.188. The number of hydrogen-bond acceptors (Lipinski definition) is 3. The summed E-state index contributed by atoms with van der Waals surface area (Å²) in [5.41, 5.74) is 2.36. The molecular weight excluding hydrogens is 300 g/mol. The second-order valence-electron chi connectivity index (χ2n) is 5.16. The van der Waals surface area contributed by atoms with Gasteiger partial charge in [-0.15, -0.1) is 0 Å². The minimum atomic E-state index is -0.0137. The van der Waals surface area contributed by atoms with E-state index in [9.17, 15) is 4.79 Å². The summed E-state index contributed by atoms with van der Waals surface area (Å²) in [6.07, 6.45) is 1.70. The number of amides is 1. The first-order valence-electron chi connectivity index (χ1n) is 6.83. The van der Waals surface area contributed by atoms with Gasteiger partial charge in [0.15, 0.2) is 5.65 Å². The first-order valence-corrected chi connectivity index (χ1v) is 7.21. The molecule has 0 N–H and O–H groups in total. The number of aromatic nitrogens is 3. The molecule has 0 unspecified atom stereocenters. The SMILES string of the molecule is CN(C)C(=O)Cn1c(-c2ccc(Cl)cc2)nc2cccnc21. The highest BCUT2D eigenvalue weighted by Gasteiger charge is 2.16. The van der Waals surface area contributed by atoms with Crippen LogP contribution in [0, 0.1) is 0 Å². The van der Waals surface area contributed by atoms with E-state index in [2.05, 4.69) is 9.97 Å². The van der Waals surface area contributed by atoms with Crippen LogP contribution in [-0.2, 0) is 11.3 Å². The minimum Gasteiger partial charge on any atom is -0.347 e. The van der Waals surface area contributed by atoms with Crippen LogP contribution in [0.1, 0.15) is 0 Å². The van der Waals surface area contributed by atoms with E-state index in [1.54, 1.807) is 25.2 Å². The Hall–Kier alpha value is -2.40. The maximum atomic E-state index is 12.1. The summed E-state index contributed by atoms with van der Waals surface area (Å²) in [6, 6.07) is 11.1. The highest BCUT2D eigenvalue weighted by molar-refractivity contribution is 6.30. The largest absolute Gasteiger partial charge is 0.347 e. The molecule has 1 amide bonds. The van der Waals surface area contributed by atoms with Crippen LogP contribution in [0.25, 0.3) is 22.6 Å². The van der Waals surface area contributed by atoms with E-state index in [0.717, 1.165) is 11.1 Å². The van der Waals surface area contributed by atoms with E-state index in [-0.39, 0.29) is 12.5 Å². The smallest absolute Gasteiger partial charge is 0.242 e. The maximum absolute atomic E-state index is 12.1. The van der Waals surface area contributed by atoms with Crippen LogP contribution in [0.3, 0.4) is 0 Å². The summed E-state index contributed by atoms with van der Waals surface area (Å²) in [7, 11) is 3.47. The van der Waals surface area contributed by atoms with Gasteiger partial charge in [-0.1, -0.05) is 11.6 Å².